The topological polar surface area (TPSA) is 81.2 Å². The van der Waals surface area contributed by atoms with E-state index >= 15 is 0 Å². The molecule has 0 spiro atoms. The van der Waals surface area contributed by atoms with Crippen LogP contribution < -0.4 is 11.1 Å². The highest BCUT2D eigenvalue weighted by Crippen LogP contribution is 2.31. The summed E-state index contributed by atoms with van der Waals surface area (Å²) in [5.41, 5.74) is 5.42. The minimum absolute atomic E-state index is 0.155. The molecule has 17 heavy (non-hydrogen) atoms. The fourth-order valence-electron chi connectivity index (χ4n) is 2.46. The molecule has 1 fully saturated rings. The number of amides is 1. The summed E-state index contributed by atoms with van der Waals surface area (Å²) in [6, 6.07) is 1.69. The number of nitrogens with zero attached hydrogens (tertiary/aromatic N) is 1. The van der Waals surface area contributed by atoms with Crippen molar-refractivity contribution < 1.29 is 9.32 Å². The monoisotopic (exact) mass is 237 g/mol. The number of carbonyl (C=O) groups excluding carboxylic acids is 1. The molecule has 1 aliphatic rings. The Bertz CT molecular complexity index is 416. The molecule has 0 aliphatic heterocycles. The smallest absolute Gasteiger partial charge is 0.245 e. The lowest BCUT2D eigenvalue weighted by atomic mass is 9.76. The molecular weight excluding hydrogens is 218 g/mol. The van der Waals surface area contributed by atoms with Gasteiger partial charge in [0.05, 0.1) is 5.54 Å². The first-order valence-electron chi connectivity index (χ1n) is 6.03. The van der Waals surface area contributed by atoms with E-state index in [0.29, 0.717) is 17.5 Å². The van der Waals surface area contributed by atoms with Crippen LogP contribution in [0.25, 0.3) is 0 Å². The Morgan fingerprint density at radius 2 is 2.47 bits per heavy atom. The lowest BCUT2D eigenvalue weighted by Crippen LogP contribution is -2.53. The maximum Gasteiger partial charge on any atom is 0.245 e. The number of nitrogens with one attached hydrogen (secondary N) is 1. The van der Waals surface area contributed by atoms with Crippen molar-refractivity contribution in [2.24, 2.45) is 11.7 Å². The summed E-state index contributed by atoms with van der Waals surface area (Å²) in [7, 11) is 0. The molecule has 0 aromatic carbocycles. The van der Waals surface area contributed by atoms with Crippen LogP contribution in [-0.2, 0) is 4.79 Å². The Balaban J connectivity index is 2.03. The Kier molecular flexibility index (Phi) is 3.19. The average molecular weight is 237 g/mol. The van der Waals surface area contributed by atoms with Crippen LogP contribution in [0.4, 0.5) is 5.82 Å². The second-order valence-electron chi connectivity index (χ2n) is 5.13. The van der Waals surface area contributed by atoms with E-state index < -0.39 is 5.54 Å². The van der Waals surface area contributed by atoms with E-state index in [1.807, 2.05) is 0 Å². The molecule has 0 bridgehead atoms. The molecule has 0 saturated heterocycles. The quantitative estimate of drug-likeness (QED) is 0.822. The summed E-state index contributed by atoms with van der Waals surface area (Å²) >= 11 is 0. The van der Waals surface area contributed by atoms with Gasteiger partial charge in [0.1, 0.15) is 5.76 Å². The zero-order valence-corrected chi connectivity index (χ0v) is 10.3. The number of anilines is 1. The van der Waals surface area contributed by atoms with E-state index in [-0.39, 0.29) is 5.91 Å². The summed E-state index contributed by atoms with van der Waals surface area (Å²) < 4.78 is 4.90. The molecule has 2 rings (SSSR count). The van der Waals surface area contributed by atoms with Crippen LogP contribution in [-0.4, -0.2) is 16.6 Å². The standard InChI is InChI=1S/C12H19N3O2/c1-8-4-3-5-12(13,7-8)11(16)14-10-6-9(2)17-15-10/h6,8H,3-5,7,13H2,1-2H3,(H,14,15,16). The Labute approximate surface area is 101 Å². The minimum atomic E-state index is -0.759. The van der Waals surface area contributed by atoms with Crippen molar-refractivity contribution in [2.75, 3.05) is 5.32 Å². The summed E-state index contributed by atoms with van der Waals surface area (Å²) in [6.45, 7) is 3.91. The summed E-state index contributed by atoms with van der Waals surface area (Å²) in [6.07, 6.45) is 3.62. The molecular formula is C12H19N3O2. The molecule has 1 amide bonds. The maximum absolute atomic E-state index is 12.1. The normalized spacial score (nSPS) is 29.0. The van der Waals surface area contributed by atoms with E-state index in [9.17, 15) is 4.79 Å². The zero-order chi connectivity index (χ0) is 12.5. The highest BCUT2D eigenvalue weighted by molar-refractivity contribution is 5.97. The van der Waals surface area contributed by atoms with E-state index in [1.165, 1.54) is 0 Å². The van der Waals surface area contributed by atoms with Crippen molar-refractivity contribution >= 4 is 11.7 Å². The summed E-state index contributed by atoms with van der Waals surface area (Å²) in [5.74, 6) is 1.45. The largest absolute Gasteiger partial charge is 0.360 e. The summed E-state index contributed by atoms with van der Waals surface area (Å²) in [5, 5.41) is 6.46. The molecule has 1 aromatic heterocycles. The van der Waals surface area contributed by atoms with Gasteiger partial charge in [-0.2, -0.15) is 0 Å². The molecule has 1 aliphatic carbocycles. The number of rotatable bonds is 2. The van der Waals surface area contributed by atoms with Crippen molar-refractivity contribution in [3.8, 4) is 0 Å². The Morgan fingerprint density at radius 3 is 3.06 bits per heavy atom. The van der Waals surface area contributed by atoms with Crippen LogP contribution in [0.3, 0.4) is 0 Å². The molecule has 3 N–H and O–H groups in total. The van der Waals surface area contributed by atoms with Gasteiger partial charge in [-0.1, -0.05) is 24.9 Å². The van der Waals surface area contributed by atoms with Gasteiger partial charge in [0.25, 0.3) is 0 Å². The van der Waals surface area contributed by atoms with Gasteiger partial charge in [-0.25, -0.2) is 0 Å². The van der Waals surface area contributed by atoms with Gasteiger partial charge in [0.2, 0.25) is 5.91 Å². The third-order valence-electron chi connectivity index (χ3n) is 3.35. The fourth-order valence-corrected chi connectivity index (χ4v) is 2.46. The predicted octanol–water partition coefficient (Wildman–Crippen LogP) is 1.83. The number of hydrogen-bond acceptors (Lipinski definition) is 4. The zero-order valence-electron chi connectivity index (χ0n) is 10.3. The molecule has 1 heterocycles. The molecule has 5 nitrogen and oxygen atoms in total. The molecule has 5 heteroatoms. The van der Waals surface area contributed by atoms with E-state index in [0.717, 1.165) is 25.7 Å². The van der Waals surface area contributed by atoms with Crippen LogP contribution in [0.1, 0.15) is 38.4 Å². The number of carbonyl (C=O) groups is 1. The fraction of sp³-hybridized carbons (Fsp3) is 0.667. The third kappa shape index (κ3) is 2.66. The number of aryl methyl sites for hydroxylation is 1. The van der Waals surface area contributed by atoms with Crippen molar-refractivity contribution in [3.63, 3.8) is 0 Å². The minimum Gasteiger partial charge on any atom is -0.360 e. The number of nitrogens with two attached hydrogens (primary N) is 1. The highest BCUT2D eigenvalue weighted by atomic mass is 16.5. The van der Waals surface area contributed by atoms with E-state index in [1.54, 1.807) is 13.0 Å². The van der Waals surface area contributed by atoms with Crippen molar-refractivity contribution in [1.29, 1.82) is 0 Å². The molecule has 94 valence electrons. The first-order chi connectivity index (χ1) is 7.99. The molecule has 1 saturated carbocycles. The molecule has 1 aromatic rings. The van der Waals surface area contributed by atoms with Crippen LogP contribution in [0, 0.1) is 12.8 Å². The molecule has 2 unspecified atom stereocenters. The lowest BCUT2D eigenvalue weighted by molar-refractivity contribution is -0.122. The summed E-state index contributed by atoms with van der Waals surface area (Å²) in [4.78, 5) is 12.1. The third-order valence-corrected chi connectivity index (χ3v) is 3.35. The van der Waals surface area contributed by atoms with Gasteiger partial charge >= 0.3 is 0 Å². The lowest BCUT2D eigenvalue weighted by Gasteiger charge is -2.34. The SMILES string of the molecule is Cc1cc(NC(=O)C2(N)CCCC(C)C2)no1. The number of aromatic nitrogens is 1. The first-order valence-corrected chi connectivity index (χ1v) is 6.03. The van der Waals surface area contributed by atoms with Gasteiger partial charge < -0.3 is 15.6 Å². The van der Waals surface area contributed by atoms with E-state index in [2.05, 4.69) is 17.4 Å². The van der Waals surface area contributed by atoms with Crippen LogP contribution in [0.5, 0.6) is 0 Å². The van der Waals surface area contributed by atoms with Crippen LogP contribution in [0.2, 0.25) is 0 Å². The first kappa shape index (κ1) is 12.1. The predicted molar refractivity (Wildman–Crippen MR) is 64.4 cm³/mol. The second kappa shape index (κ2) is 4.49. The van der Waals surface area contributed by atoms with Crippen molar-refractivity contribution in [1.82, 2.24) is 5.16 Å². The van der Waals surface area contributed by atoms with Crippen LogP contribution in [0.15, 0.2) is 10.6 Å². The maximum atomic E-state index is 12.1. The van der Waals surface area contributed by atoms with Crippen LogP contribution >= 0.6 is 0 Å². The van der Waals surface area contributed by atoms with Gasteiger partial charge in [0.15, 0.2) is 5.82 Å². The highest BCUT2D eigenvalue weighted by Gasteiger charge is 2.38. The molecule has 0 radical (unpaired) electrons. The van der Waals surface area contributed by atoms with Crippen molar-refractivity contribution in [2.45, 2.75) is 45.1 Å². The Morgan fingerprint density at radius 1 is 1.71 bits per heavy atom. The van der Waals surface area contributed by atoms with Gasteiger partial charge in [-0.15, -0.1) is 0 Å². The number of hydrogen-bond donors (Lipinski definition) is 2. The van der Waals surface area contributed by atoms with Gasteiger partial charge in [-0.05, 0) is 25.7 Å². The second-order valence-corrected chi connectivity index (χ2v) is 5.13. The van der Waals surface area contributed by atoms with Crippen molar-refractivity contribution in [3.05, 3.63) is 11.8 Å². The Hall–Kier alpha value is -1.36. The average Bonchev–Trinajstić information content (AvgIpc) is 2.63. The van der Waals surface area contributed by atoms with Gasteiger partial charge in [0, 0.05) is 6.07 Å². The van der Waals surface area contributed by atoms with Gasteiger partial charge in [-0.3, -0.25) is 4.79 Å². The van der Waals surface area contributed by atoms with E-state index in [4.69, 9.17) is 10.3 Å². The molecule has 2 atom stereocenters.